The molecule has 1 N–H and O–H groups in total. The second-order valence-corrected chi connectivity index (χ2v) is 3.03. The van der Waals surface area contributed by atoms with E-state index in [9.17, 15) is 0 Å². The molecule has 4 nitrogen and oxygen atoms in total. The lowest BCUT2D eigenvalue weighted by atomic mass is 10.2. The number of pyridine rings is 1. The molecule has 1 rings (SSSR count). The molecular weight excluding hydrogens is 182 g/mol. The van der Waals surface area contributed by atoms with Crippen molar-refractivity contribution in [2.75, 3.05) is 13.7 Å². The Morgan fingerprint density at radius 2 is 2.36 bits per heavy atom. The first-order valence-corrected chi connectivity index (χ1v) is 4.47. The van der Waals surface area contributed by atoms with E-state index in [1.807, 2.05) is 6.92 Å². The molecule has 4 heteroatoms. The molecule has 0 aliphatic carbocycles. The number of hydrogen-bond donors (Lipinski definition) is 1. The molecule has 1 aromatic rings. The van der Waals surface area contributed by atoms with E-state index in [0.29, 0.717) is 17.9 Å². The van der Waals surface area contributed by atoms with Crippen molar-refractivity contribution in [2.24, 2.45) is 0 Å². The molecular formula is C10H15NO3. The van der Waals surface area contributed by atoms with Gasteiger partial charge in [0.25, 0.3) is 0 Å². The quantitative estimate of drug-likeness (QED) is 0.764. The Morgan fingerprint density at radius 1 is 1.57 bits per heavy atom. The van der Waals surface area contributed by atoms with E-state index in [1.54, 1.807) is 25.6 Å². The van der Waals surface area contributed by atoms with Crippen molar-refractivity contribution in [3.63, 3.8) is 0 Å². The summed E-state index contributed by atoms with van der Waals surface area (Å²) in [7, 11) is 1.62. The lowest BCUT2D eigenvalue weighted by Gasteiger charge is -2.15. The Kier molecular flexibility index (Phi) is 4.35. The first-order valence-electron chi connectivity index (χ1n) is 4.47. The highest BCUT2D eigenvalue weighted by atomic mass is 16.5. The Balaban J connectivity index is 2.65. The van der Waals surface area contributed by atoms with Crippen LogP contribution in [0.15, 0.2) is 18.5 Å². The predicted molar refractivity (Wildman–Crippen MR) is 52.1 cm³/mol. The fourth-order valence-electron chi connectivity index (χ4n) is 1.13. The van der Waals surface area contributed by atoms with Gasteiger partial charge in [-0.2, -0.15) is 0 Å². The average molecular weight is 197 g/mol. The van der Waals surface area contributed by atoms with E-state index in [0.717, 1.165) is 0 Å². The minimum absolute atomic E-state index is 0.0345. The van der Waals surface area contributed by atoms with E-state index in [4.69, 9.17) is 14.6 Å². The van der Waals surface area contributed by atoms with Crippen LogP contribution in [-0.4, -0.2) is 29.9 Å². The van der Waals surface area contributed by atoms with Gasteiger partial charge in [-0.15, -0.1) is 0 Å². The standard InChI is InChI=1S/C10H15NO3/c1-8(7-13-2)14-10-3-4-11-5-9(10)6-12/h3-5,8,12H,6-7H2,1-2H3. The number of nitrogens with zero attached hydrogens (tertiary/aromatic N) is 1. The summed E-state index contributed by atoms with van der Waals surface area (Å²) in [6, 6.07) is 1.73. The first-order chi connectivity index (χ1) is 6.77. The number of ether oxygens (including phenoxy) is 2. The van der Waals surface area contributed by atoms with Gasteiger partial charge in [0.1, 0.15) is 11.9 Å². The molecule has 0 saturated carbocycles. The third-order valence-corrected chi connectivity index (χ3v) is 1.76. The molecule has 14 heavy (non-hydrogen) atoms. The van der Waals surface area contributed by atoms with Gasteiger partial charge in [0.05, 0.1) is 13.2 Å². The van der Waals surface area contributed by atoms with Gasteiger partial charge >= 0.3 is 0 Å². The number of aliphatic hydroxyl groups is 1. The van der Waals surface area contributed by atoms with E-state index < -0.39 is 0 Å². The second-order valence-electron chi connectivity index (χ2n) is 3.03. The zero-order valence-electron chi connectivity index (χ0n) is 8.43. The minimum atomic E-state index is -0.0666. The molecule has 1 heterocycles. The SMILES string of the molecule is COCC(C)Oc1ccncc1CO. The third-order valence-electron chi connectivity index (χ3n) is 1.76. The molecule has 1 aromatic heterocycles. The summed E-state index contributed by atoms with van der Waals surface area (Å²) in [6.07, 6.45) is 3.19. The summed E-state index contributed by atoms with van der Waals surface area (Å²) in [5.74, 6) is 0.659. The lowest BCUT2D eigenvalue weighted by molar-refractivity contribution is 0.0902. The normalized spacial score (nSPS) is 12.5. The van der Waals surface area contributed by atoms with Crippen LogP contribution in [0.25, 0.3) is 0 Å². The molecule has 0 bridgehead atoms. The van der Waals surface area contributed by atoms with Crippen LogP contribution in [0.2, 0.25) is 0 Å². The molecule has 0 aliphatic heterocycles. The zero-order valence-corrected chi connectivity index (χ0v) is 8.43. The highest BCUT2D eigenvalue weighted by molar-refractivity contribution is 5.29. The number of aliphatic hydroxyl groups excluding tert-OH is 1. The predicted octanol–water partition coefficient (Wildman–Crippen LogP) is 0.988. The molecule has 0 fully saturated rings. The van der Waals surface area contributed by atoms with Crippen molar-refractivity contribution >= 4 is 0 Å². The van der Waals surface area contributed by atoms with Crippen LogP contribution in [0.4, 0.5) is 0 Å². The number of hydrogen-bond acceptors (Lipinski definition) is 4. The Morgan fingerprint density at radius 3 is 3.00 bits per heavy atom. The topological polar surface area (TPSA) is 51.6 Å². The van der Waals surface area contributed by atoms with Gasteiger partial charge in [0.15, 0.2) is 0 Å². The summed E-state index contributed by atoms with van der Waals surface area (Å²) in [4.78, 5) is 3.90. The van der Waals surface area contributed by atoms with Crippen LogP contribution in [0, 0.1) is 0 Å². The smallest absolute Gasteiger partial charge is 0.128 e. The van der Waals surface area contributed by atoms with E-state index in [-0.39, 0.29) is 12.7 Å². The largest absolute Gasteiger partial charge is 0.488 e. The maximum Gasteiger partial charge on any atom is 0.128 e. The summed E-state index contributed by atoms with van der Waals surface area (Å²) < 4.78 is 10.5. The van der Waals surface area contributed by atoms with Crippen LogP contribution in [0.5, 0.6) is 5.75 Å². The van der Waals surface area contributed by atoms with Crippen molar-refractivity contribution in [1.29, 1.82) is 0 Å². The van der Waals surface area contributed by atoms with Crippen LogP contribution >= 0.6 is 0 Å². The van der Waals surface area contributed by atoms with Crippen LogP contribution < -0.4 is 4.74 Å². The molecule has 0 aromatic carbocycles. The van der Waals surface area contributed by atoms with Crippen molar-refractivity contribution in [3.8, 4) is 5.75 Å². The number of rotatable bonds is 5. The Hall–Kier alpha value is -1.13. The highest BCUT2D eigenvalue weighted by Crippen LogP contribution is 2.17. The van der Waals surface area contributed by atoms with Gasteiger partial charge < -0.3 is 14.6 Å². The van der Waals surface area contributed by atoms with Gasteiger partial charge in [-0.1, -0.05) is 0 Å². The minimum Gasteiger partial charge on any atom is -0.488 e. The van der Waals surface area contributed by atoms with Crippen molar-refractivity contribution < 1.29 is 14.6 Å². The monoisotopic (exact) mass is 197 g/mol. The molecule has 1 unspecified atom stereocenters. The Bertz CT molecular complexity index is 278. The van der Waals surface area contributed by atoms with Crippen molar-refractivity contribution in [2.45, 2.75) is 19.6 Å². The molecule has 0 saturated heterocycles. The van der Waals surface area contributed by atoms with E-state index in [1.165, 1.54) is 0 Å². The maximum atomic E-state index is 9.01. The van der Waals surface area contributed by atoms with Crippen LogP contribution in [0.3, 0.4) is 0 Å². The van der Waals surface area contributed by atoms with Gasteiger partial charge in [-0.25, -0.2) is 0 Å². The highest BCUT2D eigenvalue weighted by Gasteiger charge is 2.07. The molecule has 1 atom stereocenters. The van der Waals surface area contributed by atoms with Crippen molar-refractivity contribution in [1.82, 2.24) is 4.98 Å². The number of aromatic nitrogens is 1. The molecule has 0 spiro atoms. The number of methoxy groups -OCH3 is 1. The van der Waals surface area contributed by atoms with Gasteiger partial charge in [-0.3, -0.25) is 4.98 Å². The van der Waals surface area contributed by atoms with E-state index in [2.05, 4.69) is 4.98 Å². The fourth-order valence-corrected chi connectivity index (χ4v) is 1.13. The first kappa shape index (κ1) is 10.9. The van der Waals surface area contributed by atoms with E-state index >= 15 is 0 Å². The average Bonchev–Trinajstić information content (AvgIpc) is 2.19. The fraction of sp³-hybridized carbons (Fsp3) is 0.500. The zero-order chi connectivity index (χ0) is 10.4. The summed E-state index contributed by atoms with van der Waals surface area (Å²) in [5, 5.41) is 9.01. The molecule has 0 aliphatic rings. The Labute approximate surface area is 83.5 Å². The lowest BCUT2D eigenvalue weighted by Crippen LogP contribution is -2.18. The molecule has 0 radical (unpaired) electrons. The van der Waals surface area contributed by atoms with Gasteiger partial charge in [-0.05, 0) is 13.0 Å². The van der Waals surface area contributed by atoms with Crippen molar-refractivity contribution in [3.05, 3.63) is 24.0 Å². The third kappa shape index (κ3) is 2.97. The summed E-state index contributed by atoms with van der Waals surface area (Å²) >= 11 is 0. The van der Waals surface area contributed by atoms with Gasteiger partial charge in [0, 0.05) is 25.1 Å². The summed E-state index contributed by atoms with van der Waals surface area (Å²) in [5.41, 5.74) is 0.690. The van der Waals surface area contributed by atoms with Crippen LogP contribution in [-0.2, 0) is 11.3 Å². The maximum absolute atomic E-state index is 9.01. The van der Waals surface area contributed by atoms with Gasteiger partial charge in [0.2, 0.25) is 0 Å². The van der Waals surface area contributed by atoms with Crippen LogP contribution in [0.1, 0.15) is 12.5 Å². The summed E-state index contributed by atoms with van der Waals surface area (Å²) in [6.45, 7) is 2.36. The molecule has 78 valence electrons. The molecule has 0 amide bonds. The second kappa shape index (κ2) is 5.57.